The molecular weight excluding hydrogens is 234 g/mol. The molecule has 0 aromatic heterocycles. The predicted molar refractivity (Wildman–Crippen MR) is 65.4 cm³/mol. The maximum atomic E-state index is 11.8. The zero-order valence-electron chi connectivity index (χ0n) is 10.1. The highest BCUT2D eigenvalue weighted by molar-refractivity contribution is 5.95. The standard InChI is InChI=1S/C13H15NO4/c1-17-13(16)9-4-6-10(7-5-9)14-12(15)11-3-2-8-18-11/h4-7,11H,2-3,8H2,1H3,(H,14,15)/t11-/m1/s1. The Morgan fingerprint density at radius 2 is 2.06 bits per heavy atom. The molecule has 0 unspecified atom stereocenters. The highest BCUT2D eigenvalue weighted by Gasteiger charge is 2.23. The van der Waals surface area contributed by atoms with E-state index < -0.39 is 5.97 Å². The molecule has 5 heteroatoms. The van der Waals surface area contributed by atoms with Crippen molar-refractivity contribution in [1.29, 1.82) is 0 Å². The molecule has 1 atom stereocenters. The Labute approximate surface area is 105 Å². The van der Waals surface area contributed by atoms with E-state index in [9.17, 15) is 9.59 Å². The van der Waals surface area contributed by atoms with Crippen molar-refractivity contribution in [1.82, 2.24) is 0 Å². The number of carbonyl (C=O) groups is 2. The van der Waals surface area contributed by atoms with Crippen LogP contribution in [0.1, 0.15) is 23.2 Å². The predicted octanol–water partition coefficient (Wildman–Crippen LogP) is 1.59. The minimum atomic E-state index is -0.396. The number of amides is 1. The average molecular weight is 249 g/mol. The van der Waals surface area contributed by atoms with Gasteiger partial charge in [-0.25, -0.2) is 4.79 Å². The van der Waals surface area contributed by atoms with E-state index in [0.717, 1.165) is 12.8 Å². The van der Waals surface area contributed by atoms with Gasteiger partial charge in [0, 0.05) is 12.3 Å². The average Bonchev–Trinajstić information content (AvgIpc) is 2.92. The van der Waals surface area contributed by atoms with Crippen LogP contribution in [0.25, 0.3) is 0 Å². The maximum absolute atomic E-state index is 11.8. The first-order valence-corrected chi connectivity index (χ1v) is 5.81. The second-order valence-electron chi connectivity index (χ2n) is 4.06. The fourth-order valence-electron chi connectivity index (χ4n) is 1.81. The number of rotatable bonds is 3. The topological polar surface area (TPSA) is 64.6 Å². The lowest BCUT2D eigenvalue weighted by Crippen LogP contribution is -2.26. The van der Waals surface area contributed by atoms with E-state index in [1.807, 2.05) is 0 Å². The molecule has 1 heterocycles. The van der Waals surface area contributed by atoms with Gasteiger partial charge in [-0.3, -0.25) is 4.79 Å². The second kappa shape index (κ2) is 5.64. The molecule has 0 aliphatic carbocycles. The van der Waals surface area contributed by atoms with Crippen LogP contribution >= 0.6 is 0 Å². The van der Waals surface area contributed by atoms with Crippen molar-refractivity contribution < 1.29 is 19.1 Å². The Hall–Kier alpha value is -1.88. The Bertz CT molecular complexity index is 435. The van der Waals surface area contributed by atoms with Gasteiger partial charge in [-0.05, 0) is 37.1 Å². The van der Waals surface area contributed by atoms with E-state index in [2.05, 4.69) is 10.1 Å². The molecule has 1 aliphatic rings. The van der Waals surface area contributed by atoms with Crippen LogP contribution in [0.5, 0.6) is 0 Å². The molecule has 1 aromatic carbocycles. The number of nitrogens with one attached hydrogen (secondary N) is 1. The molecule has 0 saturated carbocycles. The van der Waals surface area contributed by atoms with E-state index >= 15 is 0 Å². The molecule has 5 nitrogen and oxygen atoms in total. The summed E-state index contributed by atoms with van der Waals surface area (Å²) in [7, 11) is 1.33. The van der Waals surface area contributed by atoms with Crippen LogP contribution in [-0.2, 0) is 14.3 Å². The largest absolute Gasteiger partial charge is 0.465 e. The molecule has 0 radical (unpaired) electrons. The lowest BCUT2D eigenvalue weighted by atomic mass is 10.2. The number of hydrogen-bond donors (Lipinski definition) is 1. The highest BCUT2D eigenvalue weighted by atomic mass is 16.5. The van der Waals surface area contributed by atoms with Crippen molar-refractivity contribution in [3.05, 3.63) is 29.8 Å². The van der Waals surface area contributed by atoms with Crippen molar-refractivity contribution in [2.24, 2.45) is 0 Å². The van der Waals surface area contributed by atoms with Crippen LogP contribution in [0, 0.1) is 0 Å². The van der Waals surface area contributed by atoms with Crippen molar-refractivity contribution in [2.45, 2.75) is 18.9 Å². The third-order valence-electron chi connectivity index (χ3n) is 2.80. The number of anilines is 1. The first-order valence-electron chi connectivity index (χ1n) is 5.81. The number of methoxy groups -OCH3 is 1. The van der Waals surface area contributed by atoms with Gasteiger partial charge in [-0.1, -0.05) is 0 Å². The van der Waals surface area contributed by atoms with Crippen LogP contribution in [0.15, 0.2) is 24.3 Å². The zero-order valence-corrected chi connectivity index (χ0v) is 10.1. The molecule has 1 aromatic rings. The van der Waals surface area contributed by atoms with Crippen molar-refractivity contribution in [3.8, 4) is 0 Å². The van der Waals surface area contributed by atoms with Crippen LogP contribution in [0.2, 0.25) is 0 Å². The van der Waals surface area contributed by atoms with Crippen LogP contribution in [0.4, 0.5) is 5.69 Å². The van der Waals surface area contributed by atoms with E-state index in [1.54, 1.807) is 24.3 Å². The second-order valence-corrected chi connectivity index (χ2v) is 4.06. The van der Waals surface area contributed by atoms with E-state index in [-0.39, 0.29) is 12.0 Å². The molecule has 2 rings (SSSR count). The Morgan fingerprint density at radius 1 is 1.33 bits per heavy atom. The summed E-state index contributed by atoms with van der Waals surface area (Å²) in [6.07, 6.45) is 1.32. The van der Waals surface area contributed by atoms with Gasteiger partial charge in [0.25, 0.3) is 5.91 Å². The number of carbonyl (C=O) groups excluding carboxylic acids is 2. The van der Waals surface area contributed by atoms with Gasteiger partial charge < -0.3 is 14.8 Å². The molecule has 1 N–H and O–H groups in total. The van der Waals surface area contributed by atoms with E-state index in [1.165, 1.54) is 7.11 Å². The summed E-state index contributed by atoms with van der Waals surface area (Å²) in [6.45, 7) is 0.638. The van der Waals surface area contributed by atoms with Crippen LogP contribution < -0.4 is 5.32 Å². The lowest BCUT2D eigenvalue weighted by Gasteiger charge is -2.10. The smallest absolute Gasteiger partial charge is 0.337 e. The zero-order chi connectivity index (χ0) is 13.0. The molecule has 1 saturated heterocycles. The van der Waals surface area contributed by atoms with Crippen molar-refractivity contribution in [2.75, 3.05) is 19.0 Å². The minimum Gasteiger partial charge on any atom is -0.465 e. The molecule has 1 fully saturated rings. The first kappa shape index (κ1) is 12.6. The summed E-state index contributed by atoms with van der Waals surface area (Å²) in [4.78, 5) is 23.0. The summed E-state index contributed by atoms with van der Waals surface area (Å²) < 4.78 is 9.87. The number of esters is 1. The summed E-state index contributed by atoms with van der Waals surface area (Å²) in [5, 5.41) is 2.75. The van der Waals surface area contributed by atoms with Gasteiger partial charge in [-0.2, -0.15) is 0 Å². The third-order valence-corrected chi connectivity index (χ3v) is 2.80. The number of ether oxygens (including phenoxy) is 2. The summed E-state index contributed by atoms with van der Waals surface area (Å²) >= 11 is 0. The fourth-order valence-corrected chi connectivity index (χ4v) is 1.81. The van der Waals surface area contributed by atoms with Gasteiger partial charge in [0.2, 0.25) is 0 Å². The number of benzene rings is 1. The Balaban J connectivity index is 1.97. The van der Waals surface area contributed by atoms with Crippen LogP contribution in [0.3, 0.4) is 0 Å². The molecule has 0 bridgehead atoms. The molecule has 18 heavy (non-hydrogen) atoms. The Morgan fingerprint density at radius 3 is 2.61 bits per heavy atom. The van der Waals surface area contributed by atoms with Gasteiger partial charge in [0.05, 0.1) is 12.7 Å². The fraction of sp³-hybridized carbons (Fsp3) is 0.385. The monoisotopic (exact) mass is 249 g/mol. The minimum absolute atomic E-state index is 0.140. The van der Waals surface area contributed by atoms with E-state index in [4.69, 9.17) is 4.74 Å². The summed E-state index contributed by atoms with van der Waals surface area (Å²) in [5.74, 6) is -0.537. The SMILES string of the molecule is COC(=O)c1ccc(NC(=O)[C@H]2CCCO2)cc1. The van der Waals surface area contributed by atoms with Gasteiger partial charge in [-0.15, -0.1) is 0 Å². The molecule has 1 amide bonds. The summed E-state index contributed by atoms with van der Waals surface area (Å²) in [5.41, 5.74) is 1.09. The van der Waals surface area contributed by atoms with E-state index in [0.29, 0.717) is 17.9 Å². The van der Waals surface area contributed by atoms with Gasteiger partial charge in [0.1, 0.15) is 6.10 Å². The lowest BCUT2D eigenvalue weighted by molar-refractivity contribution is -0.124. The van der Waals surface area contributed by atoms with Crippen LogP contribution in [-0.4, -0.2) is 31.7 Å². The molecular formula is C13H15NO4. The van der Waals surface area contributed by atoms with Gasteiger partial charge in [0.15, 0.2) is 0 Å². The quantitative estimate of drug-likeness (QED) is 0.826. The molecule has 96 valence electrons. The molecule has 1 aliphatic heterocycles. The third kappa shape index (κ3) is 2.87. The Kier molecular flexibility index (Phi) is 3.94. The number of hydrogen-bond acceptors (Lipinski definition) is 4. The molecule has 0 spiro atoms. The van der Waals surface area contributed by atoms with Crippen molar-refractivity contribution in [3.63, 3.8) is 0 Å². The van der Waals surface area contributed by atoms with Crippen molar-refractivity contribution >= 4 is 17.6 Å². The first-order chi connectivity index (χ1) is 8.70. The summed E-state index contributed by atoms with van der Waals surface area (Å²) in [6, 6.07) is 6.55. The maximum Gasteiger partial charge on any atom is 0.337 e. The normalized spacial score (nSPS) is 18.4. The highest BCUT2D eigenvalue weighted by Crippen LogP contribution is 2.16. The van der Waals surface area contributed by atoms with Gasteiger partial charge >= 0.3 is 5.97 Å².